The van der Waals surface area contributed by atoms with Crippen LogP contribution in [0.4, 0.5) is 26.3 Å². The zero-order valence-electron chi connectivity index (χ0n) is 20.6. The Kier molecular flexibility index (Phi) is 7.13. The Labute approximate surface area is 223 Å². The Morgan fingerprint density at radius 2 is 1.38 bits per heavy atom. The van der Waals surface area contributed by atoms with Crippen LogP contribution in [-0.4, -0.2) is 35.1 Å². The molecule has 1 N–H and O–H groups in total. The van der Waals surface area contributed by atoms with Crippen molar-refractivity contribution < 1.29 is 41.0 Å². The Morgan fingerprint density at radius 3 is 2.03 bits per heavy atom. The molecular weight excluding hydrogens is 542 g/mol. The van der Waals surface area contributed by atoms with Gasteiger partial charge in [-0.25, -0.2) is 4.79 Å². The number of aliphatic hydroxyl groups is 1. The summed E-state index contributed by atoms with van der Waals surface area (Å²) in [5.74, 6) is -2.64. The summed E-state index contributed by atoms with van der Waals surface area (Å²) in [4.78, 5) is 14.2. The van der Waals surface area contributed by atoms with Crippen LogP contribution in [0.3, 0.4) is 0 Å². The molecule has 1 aliphatic rings. The van der Waals surface area contributed by atoms with Crippen molar-refractivity contribution in [1.82, 2.24) is 0 Å². The van der Waals surface area contributed by atoms with Gasteiger partial charge in [0.1, 0.15) is 0 Å². The van der Waals surface area contributed by atoms with Gasteiger partial charge in [-0.05, 0) is 61.2 Å². The van der Waals surface area contributed by atoms with Gasteiger partial charge < -0.3 is 9.84 Å². The van der Waals surface area contributed by atoms with Crippen LogP contribution in [0.15, 0.2) is 72.8 Å². The molecule has 3 nitrogen and oxygen atoms in total. The summed E-state index contributed by atoms with van der Waals surface area (Å²) in [5, 5.41) is 11.7. The van der Waals surface area contributed by atoms with Crippen molar-refractivity contribution in [2.45, 2.75) is 56.2 Å². The largest absolute Gasteiger partial charge is 0.455 e. The highest BCUT2D eigenvalue weighted by Crippen LogP contribution is 2.51. The number of carbonyl (C=O) groups is 1. The fraction of sp³-hybridized carbons (Fsp3) is 0.345. The first-order valence-corrected chi connectivity index (χ1v) is 13.8. The number of ether oxygens (including phenoxy) is 1. The molecule has 10 heteroatoms. The van der Waals surface area contributed by atoms with Gasteiger partial charge in [-0.3, -0.25) is 0 Å². The van der Waals surface area contributed by atoms with Gasteiger partial charge in [0.05, 0.1) is 5.56 Å². The van der Waals surface area contributed by atoms with E-state index in [2.05, 4.69) is 0 Å². The highest BCUT2D eigenvalue weighted by molar-refractivity contribution is 7.50. The Balaban J connectivity index is 1.59. The summed E-state index contributed by atoms with van der Waals surface area (Å²) in [6.45, 7) is 0. The zero-order valence-corrected chi connectivity index (χ0v) is 21.4. The second kappa shape index (κ2) is 10.1. The van der Waals surface area contributed by atoms with E-state index in [4.69, 9.17) is 4.74 Å². The number of hydrogen-bond donors (Lipinski definition) is 1. The fourth-order valence-electron chi connectivity index (χ4n) is 5.47. The summed E-state index contributed by atoms with van der Waals surface area (Å²) in [6.07, 6.45) is -13.7. The van der Waals surface area contributed by atoms with Gasteiger partial charge in [0.15, 0.2) is 20.4 Å². The minimum Gasteiger partial charge on any atom is -0.455 e. The lowest BCUT2D eigenvalue weighted by Gasteiger charge is -2.42. The molecule has 0 aliphatic heterocycles. The molecule has 1 aliphatic carbocycles. The molecule has 1 saturated carbocycles. The summed E-state index contributed by atoms with van der Waals surface area (Å²) in [6, 6.07) is 21.6. The predicted molar refractivity (Wildman–Crippen MR) is 138 cm³/mol. The van der Waals surface area contributed by atoms with E-state index in [1.807, 2.05) is 54.6 Å². The standard InChI is InChI=1S/C29H25F6O3S/c30-28(31,32)27(37,29(33,34)35)25(18-9-3-1-4-10-18)38-26(36)19-15-16-24-22(17-19)21-13-7-8-14-23(21)39(24)20-11-5-2-6-12-20/h2,5-8,11-18,25,37H,1,3-4,9-10H2/q+1. The number of alkyl halides is 6. The van der Waals surface area contributed by atoms with Gasteiger partial charge in [-0.1, -0.05) is 49.6 Å². The lowest BCUT2D eigenvalue weighted by molar-refractivity contribution is -0.395. The molecule has 0 radical (unpaired) electrons. The van der Waals surface area contributed by atoms with Crippen LogP contribution in [-0.2, 0) is 4.74 Å². The number of benzene rings is 3. The molecule has 1 fully saturated rings. The zero-order chi connectivity index (χ0) is 28.0. The first-order valence-electron chi connectivity index (χ1n) is 12.5. The highest BCUT2D eigenvalue weighted by Gasteiger charge is 2.76. The van der Waals surface area contributed by atoms with E-state index in [9.17, 15) is 36.2 Å². The third kappa shape index (κ3) is 4.78. The minimum atomic E-state index is -6.10. The molecule has 0 amide bonds. The van der Waals surface area contributed by atoms with E-state index in [-0.39, 0.29) is 18.4 Å². The number of esters is 1. The highest BCUT2D eigenvalue weighted by atomic mass is 32.2. The van der Waals surface area contributed by atoms with Gasteiger partial charge in [0, 0.05) is 21.2 Å². The molecule has 39 heavy (non-hydrogen) atoms. The van der Waals surface area contributed by atoms with Crippen molar-refractivity contribution in [3.63, 3.8) is 0 Å². The van der Waals surface area contributed by atoms with Crippen LogP contribution < -0.4 is 0 Å². The van der Waals surface area contributed by atoms with E-state index in [0.717, 1.165) is 19.7 Å². The Bertz CT molecular complexity index is 1470. The van der Waals surface area contributed by atoms with E-state index in [0.29, 0.717) is 24.6 Å². The van der Waals surface area contributed by atoms with Gasteiger partial charge >= 0.3 is 18.3 Å². The number of carbonyl (C=O) groups excluding carboxylic acids is 1. The van der Waals surface area contributed by atoms with Crippen molar-refractivity contribution in [1.29, 1.82) is 0 Å². The third-order valence-electron chi connectivity index (χ3n) is 7.40. The van der Waals surface area contributed by atoms with E-state index in [1.165, 1.54) is 12.1 Å². The summed E-state index contributed by atoms with van der Waals surface area (Å²) >= 11 is 0. The number of thiophene rings is 1. The average molecular weight is 568 g/mol. The van der Waals surface area contributed by atoms with Crippen molar-refractivity contribution in [3.8, 4) is 4.90 Å². The molecule has 2 unspecified atom stereocenters. The molecule has 0 saturated heterocycles. The molecule has 1 heterocycles. The van der Waals surface area contributed by atoms with Crippen LogP contribution in [0.1, 0.15) is 42.5 Å². The number of fused-ring (bicyclic) bond motifs is 3. The van der Waals surface area contributed by atoms with Gasteiger partial charge in [0.2, 0.25) is 0 Å². The summed E-state index contributed by atoms with van der Waals surface area (Å²) in [5.41, 5.74) is -5.38. The van der Waals surface area contributed by atoms with Crippen LogP contribution in [0, 0.1) is 5.92 Å². The van der Waals surface area contributed by atoms with E-state index >= 15 is 0 Å². The molecule has 4 aromatic rings. The van der Waals surface area contributed by atoms with E-state index in [1.54, 1.807) is 6.07 Å². The van der Waals surface area contributed by atoms with Crippen molar-refractivity contribution in [2.75, 3.05) is 0 Å². The van der Waals surface area contributed by atoms with Gasteiger partial charge in [-0.15, -0.1) is 0 Å². The minimum absolute atomic E-state index is 0.0240. The molecule has 206 valence electrons. The van der Waals surface area contributed by atoms with Crippen LogP contribution in [0.25, 0.3) is 25.1 Å². The topological polar surface area (TPSA) is 46.5 Å². The molecule has 3 aromatic carbocycles. The fourth-order valence-corrected chi connectivity index (χ4v) is 7.85. The van der Waals surface area contributed by atoms with E-state index < -0.39 is 46.4 Å². The quantitative estimate of drug-likeness (QED) is 0.149. The van der Waals surface area contributed by atoms with Crippen LogP contribution in [0.5, 0.6) is 0 Å². The predicted octanol–water partition coefficient (Wildman–Crippen LogP) is 8.69. The summed E-state index contributed by atoms with van der Waals surface area (Å²) in [7, 11) is -0.504. The molecule has 0 bridgehead atoms. The smallest absolute Gasteiger partial charge is 0.430 e. The maximum Gasteiger partial charge on any atom is 0.430 e. The van der Waals surface area contributed by atoms with Gasteiger partial charge in [-0.2, -0.15) is 26.3 Å². The first-order chi connectivity index (χ1) is 18.4. The Morgan fingerprint density at radius 1 is 0.795 bits per heavy atom. The van der Waals surface area contributed by atoms with Crippen LogP contribution >= 0.6 is 10.5 Å². The van der Waals surface area contributed by atoms with Crippen LogP contribution in [0.2, 0.25) is 0 Å². The average Bonchev–Trinajstić information content (AvgIpc) is 3.24. The van der Waals surface area contributed by atoms with Crippen molar-refractivity contribution in [2.24, 2.45) is 5.92 Å². The lowest BCUT2D eigenvalue weighted by Crippen LogP contribution is -2.67. The molecule has 5 rings (SSSR count). The van der Waals surface area contributed by atoms with Gasteiger partial charge in [0.25, 0.3) is 5.60 Å². The molecular formula is C29H25F6O3S+. The first kappa shape index (κ1) is 27.5. The Hall–Kier alpha value is -3.11. The second-order valence-corrected chi connectivity index (χ2v) is 11.8. The molecule has 0 spiro atoms. The molecule has 2 atom stereocenters. The van der Waals surface area contributed by atoms with Crippen molar-refractivity contribution >= 4 is 36.6 Å². The normalized spacial score (nSPS) is 16.9. The SMILES string of the molecule is O=C(OC(C1CCCCC1)C(O)(C(F)(F)F)C(F)(F)F)c1ccc2c(c1)c1ccccc1[s+]2-c1ccccc1. The maximum atomic E-state index is 13.8. The lowest BCUT2D eigenvalue weighted by atomic mass is 9.77. The number of halogens is 6. The monoisotopic (exact) mass is 567 g/mol. The molecule has 1 aromatic heterocycles. The summed E-state index contributed by atoms with van der Waals surface area (Å²) < 4.78 is 90.0. The maximum absolute atomic E-state index is 13.8. The second-order valence-electron chi connectivity index (χ2n) is 9.81. The third-order valence-corrected chi connectivity index (χ3v) is 9.73. The number of hydrogen-bond acceptors (Lipinski definition) is 3. The number of rotatable bonds is 5. The van der Waals surface area contributed by atoms with Crippen molar-refractivity contribution in [3.05, 3.63) is 78.4 Å².